The molecule has 0 saturated carbocycles. The summed E-state index contributed by atoms with van der Waals surface area (Å²) in [7, 11) is 0. The van der Waals surface area contributed by atoms with Crippen molar-refractivity contribution in [2.45, 2.75) is 19.9 Å². The molecule has 0 aliphatic heterocycles. The van der Waals surface area contributed by atoms with E-state index < -0.39 is 29.5 Å². The van der Waals surface area contributed by atoms with Gasteiger partial charge in [0, 0.05) is 11.3 Å². The molecule has 0 saturated heterocycles. The Labute approximate surface area is 132 Å². The first kappa shape index (κ1) is 16.6. The highest BCUT2D eigenvalue weighted by Crippen LogP contribution is 2.16. The van der Waals surface area contributed by atoms with E-state index in [0.29, 0.717) is 11.3 Å². The number of carbonyl (C=O) groups is 2. The Kier molecular flexibility index (Phi) is 5.05. The minimum Gasteiger partial charge on any atom is -0.341 e. The highest BCUT2D eigenvalue weighted by Gasteiger charge is 2.17. The Morgan fingerprint density at radius 3 is 2.43 bits per heavy atom. The molecule has 2 amide bonds. The summed E-state index contributed by atoms with van der Waals surface area (Å²) in [6.07, 6.45) is 0. The molecule has 120 valence electrons. The first-order valence-electron chi connectivity index (χ1n) is 7.00. The molecule has 0 spiro atoms. The van der Waals surface area contributed by atoms with Gasteiger partial charge in [-0.3, -0.25) is 9.59 Å². The van der Waals surface area contributed by atoms with Crippen LogP contribution in [0.3, 0.4) is 0 Å². The van der Waals surface area contributed by atoms with Gasteiger partial charge in [-0.1, -0.05) is 12.1 Å². The zero-order valence-electron chi connectivity index (χ0n) is 12.7. The first-order valence-corrected chi connectivity index (χ1v) is 7.00. The zero-order valence-corrected chi connectivity index (χ0v) is 12.7. The number of nitrogens with one attached hydrogen (secondary N) is 2. The van der Waals surface area contributed by atoms with Crippen LogP contribution >= 0.6 is 0 Å². The van der Waals surface area contributed by atoms with Crippen LogP contribution in [0.25, 0.3) is 0 Å². The van der Waals surface area contributed by atoms with Crippen LogP contribution in [0.4, 0.5) is 14.5 Å². The second kappa shape index (κ2) is 7.00. The van der Waals surface area contributed by atoms with E-state index >= 15 is 0 Å². The van der Waals surface area contributed by atoms with E-state index in [2.05, 4.69) is 10.6 Å². The number of benzene rings is 2. The zero-order chi connectivity index (χ0) is 17.0. The molecule has 2 N–H and O–H groups in total. The Morgan fingerprint density at radius 1 is 1.04 bits per heavy atom. The quantitative estimate of drug-likeness (QED) is 0.910. The monoisotopic (exact) mass is 318 g/mol. The summed E-state index contributed by atoms with van der Waals surface area (Å²) in [5, 5.41) is 5.02. The number of hydrogen-bond acceptors (Lipinski definition) is 2. The molecule has 6 heteroatoms. The van der Waals surface area contributed by atoms with Crippen molar-refractivity contribution in [3.8, 4) is 0 Å². The second-order valence-corrected chi connectivity index (χ2v) is 5.15. The number of aryl methyl sites for hydroxylation is 1. The van der Waals surface area contributed by atoms with Gasteiger partial charge >= 0.3 is 0 Å². The van der Waals surface area contributed by atoms with Gasteiger partial charge in [-0.15, -0.1) is 0 Å². The van der Waals surface area contributed by atoms with Gasteiger partial charge in [0.2, 0.25) is 5.91 Å². The van der Waals surface area contributed by atoms with Gasteiger partial charge in [-0.2, -0.15) is 0 Å². The van der Waals surface area contributed by atoms with Gasteiger partial charge in [0.1, 0.15) is 17.7 Å². The van der Waals surface area contributed by atoms with Crippen molar-refractivity contribution in [1.82, 2.24) is 5.32 Å². The lowest BCUT2D eigenvalue weighted by Crippen LogP contribution is -2.41. The van der Waals surface area contributed by atoms with Crippen molar-refractivity contribution >= 4 is 17.5 Å². The maximum absolute atomic E-state index is 13.2. The minimum absolute atomic E-state index is 0.117. The molecule has 1 atom stereocenters. The fraction of sp³-hybridized carbons (Fsp3) is 0.176. The van der Waals surface area contributed by atoms with Crippen molar-refractivity contribution in [2.24, 2.45) is 0 Å². The number of carbonyl (C=O) groups excluding carboxylic acids is 2. The predicted octanol–water partition coefficient (Wildman–Crippen LogP) is 3.03. The summed E-state index contributed by atoms with van der Waals surface area (Å²) >= 11 is 0. The van der Waals surface area contributed by atoms with Crippen LogP contribution in [0.15, 0.2) is 42.5 Å². The van der Waals surface area contributed by atoms with E-state index in [0.717, 1.165) is 6.07 Å². The van der Waals surface area contributed by atoms with Gasteiger partial charge in [0.15, 0.2) is 0 Å². The van der Waals surface area contributed by atoms with Crippen LogP contribution in [0, 0.1) is 18.6 Å². The van der Waals surface area contributed by atoms with Crippen molar-refractivity contribution < 1.29 is 18.4 Å². The molecular weight excluding hydrogens is 302 g/mol. The maximum Gasteiger partial charge on any atom is 0.252 e. The first-order chi connectivity index (χ1) is 10.9. The van der Waals surface area contributed by atoms with Crippen molar-refractivity contribution in [3.63, 3.8) is 0 Å². The molecule has 0 radical (unpaired) electrons. The van der Waals surface area contributed by atoms with Crippen LogP contribution in [-0.2, 0) is 4.79 Å². The van der Waals surface area contributed by atoms with E-state index in [1.165, 1.54) is 37.3 Å². The predicted molar refractivity (Wildman–Crippen MR) is 83.1 cm³/mol. The summed E-state index contributed by atoms with van der Waals surface area (Å²) < 4.78 is 26.3. The van der Waals surface area contributed by atoms with E-state index in [9.17, 15) is 18.4 Å². The molecule has 2 rings (SSSR count). The molecule has 0 aliphatic carbocycles. The number of anilines is 1. The highest BCUT2D eigenvalue weighted by atomic mass is 19.1. The Hall–Kier alpha value is -2.76. The third-order valence-electron chi connectivity index (χ3n) is 3.29. The molecule has 0 aliphatic rings. The largest absolute Gasteiger partial charge is 0.341 e. The minimum atomic E-state index is -0.867. The molecule has 4 nitrogen and oxygen atoms in total. The van der Waals surface area contributed by atoms with Crippen LogP contribution in [0.2, 0.25) is 0 Å². The summed E-state index contributed by atoms with van der Waals surface area (Å²) in [5.41, 5.74) is 1.15. The van der Waals surface area contributed by atoms with Gasteiger partial charge in [-0.25, -0.2) is 8.78 Å². The molecule has 0 bridgehead atoms. The average molecular weight is 318 g/mol. The van der Waals surface area contributed by atoms with Gasteiger partial charge in [0.05, 0.1) is 0 Å². The normalized spacial score (nSPS) is 11.7. The molecule has 0 aromatic heterocycles. The molecule has 1 unspecified atom stereocenters. The van der Waals surface area contributed by atoms with Gasteiger partial charge in [0.25, 0.3) is 5.91 Å². The van der Waals surface area contributed by atoms with E-state index in [1.54, 1.807) is 13.0 Å². The summed E-state index contributed by atoms with van der Waals surface area (Å²) in [6.45, 7) is 3.21. The molecule has 0 heterocycles. The fourth-order valence-corrected chi connectivity index (χ4v) is 1.95. The van der Waals surface area contributed by atoms with Crippen LogP contribution in [0.1, 0.15) is 22.8 Å². The van der Waals surface area contributed by atoms with Gasteiger partial charge < -0.3 is 10.6 Å². The third kappa shape index (κ3) is 4.35. The molecule has 23 heavy (non-hydrogen) atoms. The maximum atomic E-state index is 13.2. The highest BCUT2D eigenvalue weighted by molar-refractivity contribution is 6.01. The Balaban J connectivity index is 2.02. The van der Waals surface area contributed by atoms with E-state index in [-0.39, 0.29) is 5.56 Å². The summed E-state index contributed by atoms with van der Waals surface area (Å²) in [5.74, 6) is -2.07. The van der Waals surface area contributed by atoms with Crippen LogP contribution in [0.5, 0.6) is 0 Å². The lowest BCUT2D eigenvalue weighted by atomic mass is 10.1. The standard InChI is InChI=1S/C17H16F2N2O2/c1-10-6-7-14(19)9-15(10)21-16(22)11(2)20-17(23)12-4-3-5-13(18)8-12/h3-9,11H,1-2H3,(H,20,23)(H,21,22). The van der Waals surface area contributed by atoms with E-state index in [1.807, 2.05) is 0 Å². The number of rotatable bonds is 4. The molecule has 0 fully saturated rings. The topological polar surface area (TPSA) is 58.2 Å². The fourth-order valence-electron chi connectivity index (χ4n) is 1.95. The Morgan fingerprint density at radius 2 is 1.74 bits per heavy atom. The lowest BCUT2D eigenvalue weighted by Gasteiger charge is -2.15. The smallest absolute Gasteiger partial charge is 0.252 e. The van der Waals surface area contributed by atoms with Crippen LogP contribution in [-0.4, -0.2) is 17.9 Å². The summed E-state index contributed by atoms with van der Waals surface area (Å²) in [4.78, 5) is 24.1. The third-order valence-corrected chi connectivity index (χ3v) is 3.29. The molecule has 2 aromatic rings. The molecular formula is C17H16F2N2O2. The van der Waals surface area contributed by atoms with E-state index in [4.69, 9.17) is 0 Å². The lowest BCUT2D eigenvalue weighted by molar-refractivity contribution is -0.117. The average Bonchev–Trinajstić information content (AvgIpc) is 2.50. The van der Waals surface area contributed by atoms with Gasteiger partial charge in [-0.05, 0) is 49.7 Å². The van der Waals surface area contributed by atoms with Crippen molar-refractivity contribution in [3.05, 3.63) is 65.2 Å². The Bertz CT molecular complexity index is 747. The molecule has 2 aromatic carbocycles. The SMILES string of the molecule is Cc1ccc(F)cc1NC(=O)C(C)NC(=O)c1cccc(F)c1. The summed E-state index contributed by atoms with van der Waals surface area (Å²) in [6, 6.07) is 8.32. The van der Waals surface area contributed by atoms with Crippen molar-refractivity contribution in [1.29, 1.82) is 0 Å². The van der Waals surface area contributed by atoms with Crippen molar-refractivity contribution in [2.75, 3.05) is 5.32 Å². The number of halogens is 2. The number of amides is 2. The second-order valence-electron chi connectivity index (χ2n) is 5.15. The number of hydrogen-bond donors (Lipinski definition) is 2. The van der Waals surface area contributed by atoms with Crippen LogP contribution < -0.4 is 10.6 Å².